The van der Waals surface area contributed by atoms with Crippen molar-refractivity contribution in [3.63, 3.8) is 0 Å². The highest BCUT2D eigenvalue weighted by Gasteiger charge is 2.11. The standard InChI is InChI=1S/C19H21FN2O2/c1-22(17-6-3-2-4-7-17)19(24)9-5-8-18(23)21-14-15-10-12-16(20)13-11-15/h2-4,6-7,10-13H,5,8-9,14H2,1H3,(H,21,23). The molecular formula is C19H21FN2O2. The summed E-state index contributed by atoms with van der Waals surface area (Å²) >= 11 is 0. The Bertz CT molecular complexity index is 672. The van der Waals surface area contributed by atoms with Crippen molar-refractivity contribution in [2.45, 2.75) is 25.8 Å². The number of carbonyl (C=O) groups excluding carboxylic acids is 2. The van der Waals surface area contributed by atoms with Crippen molar-refractivity contribution in [3.8, 4) is 0 Å². The Morgan fingerprint density at radius 1 is 1.00 bits per heavy atom. The summed E-state index contributed by atoms with van der Waals surface area (Å²) in [5, 5.41) is 2.77. The molecule has 126 valence electrons. The van der Waals surface area contributed by atoms with Gasteiger partial charge in [0.1, 0.15) is 5.82 Å². The van der Waals surface area contributed by atoms with E-state index >= 15 is 0 Å². The van der Waals surface area contributed by atoms with Crippen LogP contribution in [0.5, 0.6) is 0 Å². The molecule has 0 unspecified atom stereocenters. The van der Waals surface area contributed by atoms with E-state index in [-0.39, 0.29) is 24.1 Å². The summed E-state index contributed by atoms with van der Waals surface area (Å²) in [5.74, 6) is -0.437. The first kappa shape index (κ1) is 17.7. The van der Waals surface area contributed by atoms with E-state index in [9.17, 15) is 14.0 Å². The number of benzene rings is 2. The Morgan fingerprint density at radius 2 is 1.67 bits per heavy atom. The molecule has 0 aliphatic carbocycles. The van der Waals surface area contributed by atoms with E-state index in [0.717, 1.165) is 11.3 Å². The number of amides is 2. The minimum atomic E-state index is -0.300. The molecule has 0 heterocycles. The minimum Gasteiger partial charge on any atom is -0.352 e. The van der Waals surface area contributed by atoms with Crippen molar-refractivity contribution in [1.29, 1.82) is 0 Å². The zero-order valence-electron chi connectivity index (χ0n) is 13.7. The van der Waals surface area contributed by atoms with Gasteiger partial charge >= 0.3 is 0 Å². The number of nitrogens with one attached hydrogen (secondary N) is 1. The normalized spacial score (nSPS) is 10.2. The molecule has 0 spiro atoms. The Labute approximate surface area is 141 Å². The highest BCUT2D eigenvalue weighted by atomic mass is 19.1. The predicted octanol–water partition coefficient (Wildman–Crippen LogP) is 3.28. The molecule has 0 saturated carbocycles. The molecule has 0 saturated heterocycles. The molecule has 0 bridgehead atoms. The predicted molar refractivity (Wildman–Crippen MR) is 91.9 cm³/mol. The van der Waals surface area contributed by atoms with Gasteiger partial charge in [-0.1, -0.05) is 30.3 Å². The largest absolute Gasteiger partial charge is 0.352 e. The number of halogens is 1. The van der Waals surface area contributed by atoms with E-state index in [1.54, 1.807) is 24.1 Å². The lowest BCUT2D eigenvalue weighted by Crippen LogP contribution is -2.27. The van der Waals surface area contributed by atoms with Crippen molar-refractivity contribution in [2.24, 2.45) is 0 Å². The monoisotopic (exact) mass is 328 g/mol. The molecule has 0 aromatic heterocycles. The van der Waals surface area contributed by atoms with Crippen molar-refractivity contribution >= 4 is 17.5 Å². The molecule has 24 heavy (non-hydrogen) atoms. The number of hydrogen-bond acceptors (Lipinski definition) is 2. The van der Waals surface area contributed by atoms with Crippen LogP contribution in [0.3, 0.4) is 0 Å². The summed E-state index contributed by atoms with van der Waals surface area (Å²) in [7, 11) is 1.73. The van der Waals surface area contributed by atoms with Crippen LogP contribution >= 0.6 is 0 Å². The van der Waals surface area contributed by atoms with Crippen LogP contribution in [0.15, 0.2) is 54.6 Å². The molecule has 0 aliphatic rings. The molecule has 1 N–H and O–H groups in total. The van der Waals surface area contributed by atoms with E-state index in [0.29, 0.717) is 19.4 Å². The lowest BCUT2D eigenvalue weighted by molar-refractivity contribution is -0.121. The van der Waals surface area contributed by atoms with E-state index < -0.39 is 0 Å². The molecule has 2 aromatic rings. The number of hydrogen-bond donors (Lipinski definition) is 1. The summed E-state index contributed by atoms with van der Waals surface area (Å²) in [6.45, 7) is 0.358. The summed E-state index contributed by atoms with van der Waals surface area (Å²) in [6.07, 6.45) is 1.09. The summed E-state index contributed by atoms with van der Waals surface area (Å²) in [4.78, 5) is 25.5. The fraction of sp³-hybridized carbons (Fsp3) is 0.263. The zero-order valence-corrected chi connectivity index (χ0v) is 13.7. The van der Waals surface area contributed by atoms with Gasteiger partial charge in [-0.15, -0.1) is 0 Å². The third-order valence-corrected chi connectivity index (χ3v) is 3.72. The summed E-state index contributed by atoms with van der Waals surface area (Å²) in [5.41, 5.74) is 1.67. The Hall–Kier alpha value is -2.69. The van der Waals surface area contributed by atoms with Crippen molar-refractivity contribution in [3.05, 3.63) is 66.0 Å². The SMILES string of the molecule is CN(C(=O)CCCC(=O)NCc1ccc(F)cc1)c1ccccc1. The number of rotatable bonds is 7. The Morgan fingerprint density at radius 3 is 2.33 bits per heavy atom. The van der Waals surface area contributed by atoms with Gasteiger partial charge < -0.3 is 10.2 Å². The van der Waals surface area contributed by atoms with E-state index in [1.807, 2.05) is 30.3 Å². The van der Waals surface area contributed by atoms with Gasteiger partial charge in [0.25, 0.3) is 0 Å². The van der Waals surface area contributed by atoms with E-state index in [1.165, 1.54) is 12.1 Å². The average Bonchev–Trinajstić information content (AvgIpc) is 2.61. The lowest BCUT2D eigenvalue weighted by atomic mass is 10.2. The maximum Gasteiger partial charge on any atom is 0.226 e. The molecule has 2 rings (SSSR count). The smallest absolute Gasteiger partial charge is 0.226 e. The number of carbonyl (C=O) groups is 2. The molecular weight excluding hydrogens is 307 g/mol. The lowest BCUT2D eigenvalue weighted by Gasteiger charge is -2.17. The van der Waals surface area contributed by atoms with Gasteiger partial charge in [-0.2, -0.15) is 0 Å². The van der Waals surface area contributed by atoms with Crippen molar-refractivity contribution in [2.75, 3.05) is 11.9 Å². The van der Waals surface area contributed by atoms with E-state index in [2.05, 4.69) is 5.32 Å². The molecule has 0 atom stereocenters. The van der Waals surface area contributed by atoms with Gasteiger partial charge in [-0.25, -0.2) is 4.39 Å². The van der Waals surface area contributed by atoms with Crippen molar-refractivity contribution in [1.82, 2.24) is 5.32 Å². The zero-order chi connectivity index (χ0) is 17.4. The Balaban J connectivity index is 1.68. The topological polar surface area (TPSA) is 49.4 Å². The third-order valence-electron chi connectivity index (χ3n) is 3.72. The summed E-state index contributed by atoms with van der Waals surface area (Å²) < 4.78 is 12.8. The molecule has 2 amide bonds. The maximum absolute atomic E-state index is 12.8. The Kier molecular flexibility index (Phi) is 6.49. The third kappa shape index (κ3) is 5.50. The highest BCUT2D eigenvalue weighted by Crippen LogP contribution is 2.13. The van der Waals surface area contributed by atoms with Crippen LogP contribution in [0.4, 0.5) is 10.1 Å². The van der Waals surface area contributed by atoms with Crippen LogP contribution < -0.4 is 10.2 Å². The van der Waals surface area contributed by atoms with E-state index in [4.69, 9.17) is 0 Å². The molecule has 0 radical (unpaired) electrons. The van der Waals surface area contributed by atoms with Gasteiger partial charge in [0.2, 0.25) is 11.8 Å². The maximum atomic E-state index is 12.8. The van der Waals surface area contributed by atoms with Gasteiger partial charge in [0, 0.05) is 32.1 Å². The van der Waals surface area contributed by atoms with Gasteiger partial charge in [0.15, 0.2) is 0 Å². The van der Waals surface area contributed by atoms with Gasteiger partial charge in [-0.3, -0.25) is 9.59 Å². The quantitative estimate of drug-likeness (QED) is 0.848. The average molecular weight is 328 g/mol. The van der Waals surface area contributed by atoms with Gasteiger partial charge in [-0.05, 0) is 36.2 Å². The first-order valence-electron chi connectivity index (χ1n) is 7.89. The first-order chi connectivity index (χ1) is 11.6. The minimum absolute atomic E-state index is 0.0208. The fourth-order valence-corrected chi connectivity index (χ4v) is 2.25. The van der Waals surface area contributed by atoms with Crippen LogP contribution in [0.2, 0.25) is 0 Å². The molecule has 0 fully saturated rings. The van der Waals surface area contributed by atoms with Crippen LogP contribution in [-0.2, 0) is 16.1 Å². The van der Waals surface area contributed by atoms with Crippen LogP contribution in [0, 0.1) is 5.82 Å². The molecule has 4 nitrogen and oxygen atoms in total. The fourth-order valence-electron chi connectivity index (χ4n) is 2.25. The molecule has 2 aromatic carbocycles. The van der Waals surface area contributed by atoms with Crippen LogP contribution in [0.25, 0.3) is 0 Å². The van der Waals surface area contributed by atoms with Crippen LogP contribution in [0.1, 0.15) is 24.8 Å². The number of anilines is 1. The first-order valence-corrected chi connectivity index (χ1v) is 7.89. The van der Waals surface area contributed by atoms with Crippen molar-refractivity contribution < 1.29 is 14.0 Å². The molecule has 0 aliphatic heterocycles. The molecule has 5 heteroatoms. The summed E-state index contributed by atoms with van der Waals surface area (Å²) in [6, 6.07) is 15.4. The second-order valence-corrected chi connectivity index (χ2v) is 5.55. The number of nitrogens with zero attached hydrogens (tertiary/aromatic N) is 1. The highest BCUT2D eigenvalue weighted by molar-refractivity contribution is 5.92. The van der Waals surface area contributed by atoms with Gasteiger partial charge in [0.05, 0.1) is 0 Å². The van der Waals surface area contributed by atoms with Crippen LogP contribution in [-0.4, -0.2) is 18.9 Å². The second kappa shape index (κ2) is 8.82. The number of para-hydroxylation sites is 1. The second-order valence-electron chi connectivity index (χ2n) is 5.55.